The average Bonchev–Trinajstić information content (AvgIpc) is 2.66. The number of carbonyl (C=O) groups excluding carboxylic acids is 1. The van der Waals surface area contributed by atoms with Crippen molar-refractivity contribution in [2.45, 2.75) is 58.1 Å². The van der Waals surface area contributed by atoms with Crippen LogP contribution in [0, 0.1) is 13.8 Å². The van der Waals surface area contributed by atoms with Gasteiger partial charge in [-0.15, -0.1) is 12.4 Å². The summed E-state index contributed by atoms with van der Waals surface area (Å²) in [6.07, 6.45) is 5.79. The maximum absolute atomic E-state index is 13.1. The van der Waals surface area contributed by atoms with Crippen LogP contribution in [0.4, 0.5) is 0 Å². The number of nitrogens with zero attached hydrogens (tertiary/aromatic N) is 2. The molecule has 1 saturated carbocycles. The molecule has 0 bridgehead atoms. The van der Waals surface area contributed by atoms with Crippen molar-refractivity contribution >= 4 is 18.3 Å². The zero-order valence-electron chi connectivity index (χ0n) is 16.4. The first-order valence-electron chi connectivity index (χ1n) is 9.70. The molecular formula is C22H27ClN2O3. The molecule has 4 rings (SSSR count). The third kappa shape index (κ3) is 4.01. The maximum Gasteiger partial charge on any atom is 0.260 e. The number of fused-ring (bicyclic) bond motifs is 1. The molecule has 0 spiro atoms. The van der Waals surface area contributed by atoms with E-state index in [2.05, 4.69) is 11.1 Å². The number of aromatic nitrogens is 1. The number of benzene rings is 1. The van der Waals surface area contributed by atoms with Crippen molar-refractivity contribution < 1.29 is 14.6 Å². The largest absolute Gasteiger partial charge is 0.472 e. The van der Waals surface area contributed by atoms with Gasteiger partial charge < -0.3 is 9.84 Å². The molecule has 1 fully saturated rings. The van der Waals surface area contributed by atoms with E-state index in [0.717, 1.165) is 54.5 Å². The van der Waals surface area contributed by atoms with Crippen molar-refractivity contribution in [3.63, 3.8) is 0 Å². The summed E-state index contributed by atoms with van der Waals surface area (Å²) in [6, 6.07) is 7.84. The fourth-order valence-corrected chi connectivity index (χ4v) is 4.08. The summed E-state index contributed by atoms with van der Waals surface area (Å²) in [5.41, 5.74) is 4.91. The molecule has 6 heteroatoms. The predicted octanol–water partition coefficient (Wildman–Crippen LogP) is 3.81. The van der Waals surface area contributed by atoms with Gasteiger partial charge in [-0.05, 0) is 68.0 Å². The van der Waals surface area contributed by atoms with Crippen molar-refractivity contribution in [1.29, 1.82) is 0 Å². The predicted molar refractivity (Wildman–Crippen MR) is 110 cm³/mol. The number of ether oxygens (including phenoxy) is 1. The Morgan fingerprint density at radius 3 is 2.71 bits per heavy atom. The van der Waals surface area contributed by atoms with Crippen molar-refractivity contribution in [3.8, 4) is 5.75 Å². The molecule has 2 unspecified atom stereocenters. The minimum Gasteiger partial charge on any atom is -0.472 e. The number of carbonyl (C=O) groups is 1. The number of rotatable bonds is 3. The summed E-state index contributed by atoms with van der Waals surface area (Å²) in [6.45, 7) is 4.23. The third-order valence-electron chi connectivity index (χ3n) is 5.75. The zero-order chi connectivity index (χ0) is 19.0. The Morgan fingerprint density at radius 2 is 2.00 bits per heavy atom. The van der Waals surface area contributed by atoms with Crippen LogP contribution < -0.4 is 4.74 Å². The zero-order valence-corrected chi connectivity index (χ0v) is 17.2. The first-order valence-corrected chi connectivity index (χ1v) is 9.70. The van der Waals surface area contributed by atoms with E-state index in [1.165, 1.54) is 0 Å². The molecule has 5 nitrogen and oxygen atoms in total. The summed E-state index contributed by atoms with van der Waals surface area (Å²) in [5, 5.41) is 10.3. The lowest BCUT2D eigenvalue weighted by atomic mass is 9.90. The molecule has 1 aromatic heterocycles. The van der Waals surface area contributed by atoms with Crippen molar-refractivity contribution in [3.05, 3.63) is 58.4 Å². The van der Waals surface area contributed by atoms with Crippen LogP contribution in [0.3, 0.4) is 0 Å². The van der Waals surface area contributed by atoms with Crippen LogP contribution in [0.25, 0.3) is 0 Å². The minimum absolute atomic E-state index is 0. The Labute approximate surface area is 172 Å². The summed E-state index contributed by atoms with van der Waals surface area (Å²) < 4.78 is 5.89. The van der Waals surface area contributed by atoms with Gasteiger partial charge in [-0.25, -0.2) is 0 Å². The summed E-state index contributed by atoms with van der Waals surface area (Å²) in [7, 11) is 0. The van der Waals surface area contributed by atoms with Crippen LogP contribution in [0.1, 0.15) is 58.4 Å². The molecular weight excluding hydrogens is 376 g/mol. The molecule has 2 heterocycles. The Kier molecular flexibility index (Phi) is 6.26. The second-order valence-electron chi connectivity index (χ2n) is 7.73. The molecule has 1 aromatic carbocycles. The lowest BCUT2D eigenvalue weighted by molar-refractivity contribution is -0.0124. The highest BCUT2D eigenvalue weighted by atomic mass is 35.5. The van der Waals surface area contributed by atoms with Crippen LogP contribution in [0.5, 0.6) is 5.75 Å². The Hall–Kier alpha value is -2.11. The number of aryl methyl sites for hydroxylation is 2. The van der Waals surface area contributed by atoms with E-state index < -0.39 is 6.10 Å². The summed E-state index contributed by atoms with van der Waals surface area (Å²) >= 11 is 0. The van der Waals surface area contributed by atoms with Gasteiger partial charge in [-0.2, -0.15) is 0 Å². The number of halogens is 1. The standard InChI is InChI=1S/C22H26N2O3.ClH/c1-14-9-21-18(11-17(14)10-16-8-7-15(2)23-12-16)22(26)24(13-27-21)19-5-3-4-6-20(19)25;/h7-9,11-12,19-20,25H,3-6,10,13H2,1-2H3;1H. The molecule has 150 valence electrons. The molecule has 28 heavy (non-hydrogen) atoms. The van der Waals surface area contributed by atoms with E-state index in [1.807, 2.05) is 38.2 Å². The first kappa shape index (κ1) is 20.6. The van der Waals surface area contributed by atoms with Crippen molar-refractivity contribution in [2.24, 2.45) is 0 Å². The van der Waals surface area contributed by atoms with Crippen molar-refractivity contribution in [2.75, 3.05) is 6.73 Å². The van der Waals surface area contributed by atoms with Gasteiger partial charge in [0.25, 0.3) is 5.91 Å². The number of amides is 1. The highest BCUT2D eigenvalue weighted by molar-refractivity contribution is 5.98. The van der Waals surface area contributed by atoms with Gasteiger partial charge in [0.05, 0.1) is 17.7 Å². The Bertz CT molecular complexity index is 854. The molecule has 2 aromatic rings. The van der Waals surface area contributed by atoms with Crippen LogP contribution in [0.15, 0.2) is 30.5 Å². The molecule has 1 aliphatic heterocycles. The van der Waals surface area contributed by atoms with Crippen LogP contribution in [-0.4, -0.2) is 39.8 Å². The SMILES string of the molecule is Cc1ccc(Cc2cc3c(cc2C)OCN(C2CCCCC2O)C3=O)cn1.Cl. The normalized spacial score (nSPS) is 21.5. The number of aliphatic hydroxyl groups excluding tert-OH is 1. The van der Waals surface area contributed by atoms with Gasteiger partial charge >= 0.3 is 0 Å². The van der Waals surface area contributed by atoms with Gasteiger partial charge in [0.2, 0.25) is 0 Å². The fraction of sp³-hybridized carbons (Fsp3) is 0.455. The van der Waals surface area contributed by atoms with Crippen molar-refractivity contribution in [1.82, 2.24) is 9.88 Å². The maximum atomic E-state index is 13.1. The van der Waals surface area contributed by atoms with Gasteiger partial charge in [0.15, 0.2) is 6.73 Å². The van der Waals surface area contributed by atoms with E-state index in [0.29, 0.717) is 11.3 Å². The lowest BCUT2D eigenvalue weighted by Gasteiger charge is -2.39. The highest BCUT2D eigenvalue weighted by Gasteiger charge is 2.36. The lowest BCUT2D eigenvalue weighted by Crippen LogP contribution is -2.51. The van der Waals surface area contributed by atoms with E-state index in [-0.39, 0.29) is 31.1 Å². The van der Waals surface area contributed by atoms with Crippen LogP contribution >= 0.6 is 12.4 Å². The van der Waals surface area contributed by atoms with Gasteiger partial charge in [0.1, 0.15) is 5.75 Å². The van der Waals surface area contributed by atoms with Gasteiger partial charge in [-0.3, -0.25) is 14.7 Å². The van der Waals surface area contributed by atoms with E-state index >= 15 is 0 Å². The monoisotopic (exact) mass is 402 g/mol. The molecule has 2 aliphatic rings. The average molecular weight is 403 g/mol. The van der Waals surface area contributed by atoms with E-state index in [9.17, 15) is 9.90 Å². The van der Waals surface area contributed by atoms with E-state index in [1.54, 1.807) is 4.90 Å². The minimum atomic E-state index is -0.462. The van der Waals surface area contributed by atoms with E-state index in [4.69, 9.17) is 4.74 Å². The molecule has 1 aliphatic carbocycles. The Morgan fingerprint density at radius 1 is 1.21 bits per heavy atom. The molecule has 1 N–H and O–H groups in total. The molecule has 0 saturated heterocycles. The molecule has 0 radical (unpaired) electrons. The van der Waals surface area contributed by atoms with Gasteiger partial charge in [0, 0.05) is 11.9 Å². The van der Waals surface area contributed by atoms with Gasteiger partial charge in [-0.1, -0.05) is 18.9 Å². The molecule has 2 atom stereocenters. The molecule has 1 amide bonds. The number of aliphatic hydroxyl groups is 1. The second-order valence-corrected chi connectivity index (χ2v) is 7.73. The topological polar surface area (TPSA) is 62.7 Å². The quantitative estimate of drug-likeness (QED) is 0.848. The first-order chi connectivity index (χ1) is 13.0. The number of hydrogen-bond acceptors (Lipinski definition) is 4. The van der Waals surface area contributed by atoms with Crippen LogP contribution in [-0.2, 0) is 6.42 Å². The summed E-state index contributed by atoms with van der Waals surface area (Å²) in [4.78, 5) is 19.2. The second kappa shape index (κ2) is 8.50. The summed E-state index contributed by atoms with van der Waals surface area (Å²) in [5.74, 6) is 0.607. The Balaban J connectivity index is 0.00000225. The number of pyridine rings is 1. The smallest absolute Gasteiger partial charge is 0.260 e. The highest BCUT2D eigenvalue weighted by Crippen LogP contribution is 2.33. The number of hydrogen-bond donors (Lipinski definition) is 1. The fourth-order valence-electron chi connectivity index (χ4n) is 4.08. The third-order valence-corrected chi connectivity index (χ3v) is 5.75. The van der Waals surface area contributed by atoms with Crippen LogP contribution in [0.2, 0.25) is 0 Å².